The van der Waals surface area contributed by atoms with Gasteiger partial charge in [0.05, 0.1) is 13.2 Å². The maximum atomic E-state index is 12.0. The highest BCUT2D eigenvalue weighted by molar-refractivity contribution is 5.76. The Kier molecular flexibility index (Phi) is 5.64. The lowest BCUT2D eigenvalue weighted by Crippen LogP contribution is -2.44. The van der Waals surface area contributed by atoms with Crippen LogP contribution in [-0.4, -0.2) is 49.7 Å². The molecule has 1 aliphatic heterocycles. The van der Waals surface area contributed by atoms with E-state index in [0.717, 1.165) is 31.5 Å². The minimum atomic E-state index is 0.271. The van der Waals surface area contributed by atoms with Crippen molar-refractivity contribution < 1.29 is 9.53 Å². The lowest BCUT2D eigenvalue weighted by molar-refractivity contribution is -0.135. The highest BCUT2D eigenvalue weighted by Crippen LogP contribution is 2.29. The van der Waals surface area contributed by atoms with E-state index < -0.39 is 0 Å². The minimum Gasteiger partial charge on any atom is -0.378 e. The minimum absolute atomic E-state index is 0.271. The molecule has 2 rings (SSSR count). The summed E-state index contributed by atoms with van der Waals surface area (Å²) in [5.41, 5.74) is 0. The number of rotatable bonds is 4. The number of carbonyl (C=O) groups excluding carboxylic acids is 1. The van der Waals surface area contributed by atoms with Gasteiger partial charge in [0, 0.05) is 32.1 Å². The van der Waals surface area contributed by atoms with Gasteiger partial charge in [0.1, 0.15) is 0 Å². The molecular formula is C15H28N2O2. The highest BCUT2D eigenvalue weighted by Gasteiger charge is 2.26. The van der Waals surface area contributed by atoms with Crippen molar-refractivity contribution in [2.45, 2.75) is 45.6 Å². The van der Waals surface area contributed by atoms with E-state index in [0.29, 0.717) is 25.7 Å². The summed E-state index contributed by atoms with van der Waals surface area (Å²) in [4.78, 5) is 13.9. The monoisotopic (exact) mass is 268 g/mol. The Morgan fingerprint density at radius 3 is 2.74 bits per heavy atom. The molecular weight excluding hydrogens is 240 g/mol. The number of nitrogens with one attached hydrogen (secondary N) is 1. The van der Waals surface area contributed by atoms with Crippen molar-refractivity contribution in [3.05, 3.63) is 0 Å². The fourth-order valence-corrected chi connectivity index (χ4v) is 3.21. The van der Waals surface area contributed by atoms with Crippen LogP contribution in [0.1, 0.15) is 39.5 Å². The topological polar surface area (TPSA) is 41.6 Å². The van der Waals surface area contributed by atoms with Crippen LogP contribution in [0, 0.1) is 11.8 Å². The van der Waals surface area contributed by atoms with Crippen LogP contribution < -0.4 is 5.32 Å². The molecule has 0 spiro atoms. The Bertz CT molecular complexity index is 290. The molecule has 1 aliphatic carbocycles. The fraction of sp³-hybridized carbons (Fsp3) is 0.933. The van der Waals surface area contributed by atoms with Crippen LogP contribution >= 0.6 is 0 Å². The molecule has 4 heteroatoms. The second-order valence-corrected chi connectivity index (χ2v) is 6.07. The van der Waals surface area contributed by atoms with E-state index in [1.807, 2.05) is 4.90 Å². The first-order valence-corrected chi connectivity index (χ1v) is 7.77. The molecule has 0 aromatic heterocycles. The molecule has 1 saturated carbocycles. The van der Waals surface area contributed by atoms with E-state index >= 15 is 0 Å². The summed E-state index contributed by atoms with van der Waals surface area (Å²) < 4.78 is 5.27. The molecule has 1 N–H and O–H groups in total. The molecule has 3 unspecified atom stereocenters. The van der Waals surface area contributed by atoms with Crippen molar-refractivity contribution in [2.24, 2.45) is 11.8 Å². The van der Waals surface area contributed by atoms with Crippen LogP contribution in [0.15, 0.2) is 0 Å². The third-order valence-corrected chi connectivity index (χ3v) is 4.82. The van der Waals surface area contributed by atoms with Crippen molar-refractivity contribution in [3.8, 4) is 0 Å². The van der Waals surface area contributed by atoms with Gasteiger partial charge in [-0.1, -0.05) is 26.7 Å². The number of ether oxygens (including phenoxy) is 1. The Hall–Kier alpha value is -0.610. The molecule has 4 nitrogen and oxygen atoms in total. The first-order valence-electron chi connectivity index (χ1n) is 7.77. The van der Waals surface area contributed by atoms with Crippen LogP contribution in [0.5, 0.6) is 0 Å². The van der Waals surface area contributed by atoms with E-state index in [1.54, 1.807) is 0 Å². The summed E-state index contributed by atoms with van der Waals surface area (Å²) in [6, 6.07) is 0.598. The van der Waals surface area contributed by atoms with Crippen LogP contribution in [0.4, 0.5) is 0 Å². The van der Waals surface area contributed by atoms with E-state index in [2.05, 4.69) is 19.2 Å². The summed E-state index contributed by atoms with van der Waals surface area (Å²) in [6.07, 6.45) is 4.56. The number of hydrogen-bond donors (Lipinski definition) is 1. The zero-order valence-corrected chi connectivity index (χ0v) is 12.4. The first kappa shape index (κ1) is 14.8. The molecule has 0 aromatic rings. The lowest BCUT2D eigenvalue weighted by Gasteiger charge is -2.35. The van der Waals surface area contributed by atoms with Gasteiger partial charge in [0.15, 0.2) is 0 Å². The molecule has 2 fully saturated rings. The average Bonchev–Trinajstić information content (AvgIpc) is 2.44. The number of nitrogens with zero attached hydrogens (tertiary/aromatic N) is 1. The molecule has 110 valence electrons. The smallest absolute Gasteiger partial charge is 0.224 e. The molecule has 1 amide bonds. The molecule has 0 bridgehead atoms. The summed E-state index contributed by atoms with van der Waals surface area (Å²) >= 11 is 0. The molecule has 1 heterocycles. The first-order chi connectivity index (χ1) is 9.18. The second-order valence-electron chi connectivity index (χ2n) is 6.07. The quantitative estimate of drug-likeness (QED) is 0.843. The van der Waals surface area contributed by atoms with E-state index in [1.165, 1.54) is 19.3 Å². The molecule has 3 atom stereocenters. The van der Waals surface area contributed by atoms with Crippen molar-refractivity contribution in [1.82, 2.24) is 10.2 Å². The second kappa shape index (κ2) is 7.25. The third kappa shape index (κ3) is 4.18. The highest BCUT2D eigenvalue weighted by atomic mass is 16.5. The number of carbonyl (C=O) groups is 1. The van der Waals surface area contributed by atoms with Crippen molar-refractivity contribution in [2.75, 3.05) is 32.8 Å². The predicted octanol–water partition coefficient (Wildman–Crippen LogP) is 1.65. The van der Waals surface area contributed by atoms with Gasteiger partial charge < -0.3 is 15.0 Å². The summed E-state index contributed by atoms with van der Waals surface area (Å²) in [7, 11) is 0. The normalized spacial score (nSPS) is 32.3. The maximum Gasteiger partial charge on any atom is 0.224 e. The Balaban J connectivity index is 1.66. The van der Waals surface area contributed by atoms with Crippen molar-refractivity contribution in [3.63, 3.8) is 0 Å². The van der Waals surface area contributed by atoms with Crippen LogP contribution in [0.2, 0.25) is 0 Å². The SMILES string of the molecule is CC1CCCC(NCCC(=O)N2CCOCC2)C1C. The Labute approximate surface area is 116 Å². The molecule has 0 aromatic carbocycles. The number of morpholine rings is 1. The van der Waals surface area contributed by atoms with Gasteiger partial charge >= 0.3 is 0 Å². The van der Waals surface area contributed by atoms with Gasteiger partial charge in [-0.15, -0.1) is 0 Å². The Morgan fingerprint density at radius 2 is 2.00 bits per heavy atom. The third-order valence-electron chi connectivity index (χ3n) is 4.82. The van der Waals surface area contributed by atoms with Crippen LogP contribution in [0.3, 0.4) is 0 Å². The largest absolute Gasteiger partial charge is 0.378 e. The predicted molar refractivity (Wildman–Crippen MR) is 76.0 cm³/mol. The van der Waals surface area contributed by atoms with Gasteiger partial charge in [0.25, 0.3) is 0 Å². The zero-order chi connectivity index (χ0) is 13.7. The van der Waals surface area contributed by atoms with Gasteiger partial charge in [-0.3, -0.25) is 4.79 Å². The average molecular weight is 268 g/mol. The standard InChI is InChI=1S/C15H28N2O2/c1-12-4-3-5-14(13(12)2)16-7-6-15(18)17-8-10-19-11-9-17/h12-14,16H,3-11H2,1-2H3. The van der Waals surface area contributed by atoms with Gasteiger partial charge in [-0.25, -0.2) is 0 Å². The van der Waals surface area contributed by atoms with Gasteiger partial charge in [-0.2, -0.15) is 0 Å². The van der Waals surface area contributed by atoms with Gasteiger partial charge in [-0.05, 0) is 18.3 Å². The van der Waals surface area contributed by atoms with Crippen LogP contribution in [0.25, 0.3) is 0 Å². The van der Waals surface area contributed by atoms with E-state index in [4.69, 9.17) is 4.74 Å². The van der Waals surface area contributed by atoms with Crippen molar-refractivity contribution in [1.29, 1.82) is 0 Å². The zero-order valence-electron chi connectivity index (χ0n) is 12.4. The van der Waals surface area contributed by atoms with E-state index in [9.17, 15) is 4.79 Å². The molecule has 19 heavy (non-hydrogen) atoms. The molecule has 0 radical (unpaired) electrons. The number of amides is 1. The number of hydrogen-bond acceptors (Lipinski definition) is 3. The van der Waals surface area contributed by atoms with Gasteiger partial charge in [0.2, 0.25) is 5.91 Å². The van der Waals surface area contributed by atoms with Crippen molar-refractivity contribution >= 4 is 5.91 Å². The molecule has 2 aliphatic rings. The Morgan fingerprint density at radius 1 is 1.26 bits per heavy atom. The fourth-order valence-electron chi connectivity index (χ4n) is 3.21. The van der Waals surface area contributed by atoms with Crippen LogP contribution in [-0.2, 0) is 9.53 Å². The lowest BCUT2D eigenvalue weighted by atomic mass is 9.78. The van der Waals surface area contributed by atoms with E-state index in [-0.39, 0.29) is 5.91 Å². The summed E-state index contributed by atoms with van der Waals surface area (Å²) in [5, 5.41) is 3.59. The summed E-state index contributed by atoms with van der Waals surface area (Å²) in [6.45, 7) is 8.40. The summed E-state index contributed by atoms with van der Waals surface area (Å²) in [5.74, 6) is 1.81. The maximum absolute atomic E-state index is 12.0. The molecule has 1 saturated heterocycles.